The van der Waals surface area contributed by atoms with Gasteiger partial charge in [-0.3, -0.25) is 4.79 Å². The topological polar surface area (TPSA) is 59.6 Å². The minimum Gasteiger partial charge on any atom is -0.494 e. The van der Waals surface area contributed by atoms with E-state index in [1.165, 1.54) is 14.2 Å². The molecule has 1 heterocycles. The summed E-state index contributed by atoms with van der Waals surface area (Å²) in [6, 6.07) is 1.79. The van der Waals surface area contributed by atoms with Crippen LogP contribution < -0.4 is 15.4 Å². The van der Waals surface area contributed by atoms with Crippen molar-refractivity contribution >= 4 is 24.0 Å². The van der Waals surface area contributed by atoms with Crippen LogP contribution in [0.1, 0.15) is 12.8 Å². The Morgan fingerprint density at radius 2 is 1.86 bits per heavy atom. The highest BCUT2D eigenvalue weighted by Crippen LogP contribution is 2.28. The van der Waals surface area contributed by atoms with Crippen LogP contribution in [0.5, 0.6) is 5.75 Å². The zero-order chi connectivity index (χ0) is 15.5. The van der Waals surface area contributed by atoms with Crippen molar-refractivity contribution < 1.29 is 23.0 Å². The second kappa shape index (κ2) is 7.71. The molecule has 0 spiro atoms. The summed E-state index contributed by atoms with van der Waals surface area (Å²) in [5.41, 5.74) is -1.25. The van der Waals surface area contributed by atoms with E-state index in [9.17, 15) is 13.6 Å². The summed E-state index contributed by atoms with van der Waals surface area (Å²) < 4.78 is 37.5. The molecule has 0 bridgehead atoms. The maximum absolute atomic E-state index is 13.9. The first-order valence-electron chi connectivity index (χ1n) is 6.63. The van der Waals surface area contributed by atoms with Gasteiger partial charge >= 0.3 is 0 Å². The molecule has 22 heavy (non-hydrogen) atoms. The van der Waals surface area contributed by atoms with Crippen molar-refractivity contribution in [2.45, 2.75) is 18.4 Å². The number of hydrogen-bond donors (Lipinski definition) is 2. The molecule has 0 radical (unpaired) electrons. The molecule has 1 aliphatic heterocycles. The van der Waals surface area contributed by atoms with Gasteiger partial charge in [-0.25, -0.2) is 8.78 Å². The molecular weight excluding hydrogens is 318 g/mol. The highest BCUT2D eigenvalue weighted by atomic mass is 35.5. The second-order valence-electron chi connectivity index (χ2n) is 4.87. The van der Waals surface area contributed by atoms with E-state index in [0.717, 1.165) is 12.1 Å². The zero-order valence-electron chi connectivity index (χ0n) is 12.4. The van der Waals surface area contributed by atoms with E-state index in [2.05, 4.69) is 15.4 Å². The summed E-state index contributed by atoms with van der Waals surface area (Å²) in [5.74, 6) is -2.20. The van der Waals surface area contributed by atoms with E-state index in [1.807, 2.05) is 0 Å². The van der Waals surface area contributed by atoms with E-state index < -0.39 is 23.1 Å². The molecular formula is C14H19ClF2N2O3. The van der Waals surface area contributed by atoms with Gasteiger partial charge in [0.25, 0.3) is 5.91 Å². The van der Waals surface area contributed by atoms with Crippen molar-refractivity contribution in [3.05, 3.63) is 23.8 Å². The van der Waals surface area contributed by atoms with Crippen LogP contribution in [-0.2, 0) is 9.53 Å². The Morgan fingerprint density at radius 1 is 1.23 bits per heavy atom. The standard InChI is InChI=1S/C14H18F2N2O3.ClH/c1-20-12-8-9(15)11(7-10(12)16)18-13(19)14(21-2)3-5-17-6-4-14;/h7-8,17H,3-6H2,1-2H3,(H,18,19);1H. The van der Waals surface area contributed by atoms with Gasteiger partial charge in [0.15, 0.2) is 17.4 Å². The number of piperidine rings is 1. The van der Waals surface area contributed by atoms with Gasteiger partial charge < -0.3 is 20.1 Å². The first-order valence-corrected chi connectivity index (χ1v) is 6.63. The Morgan fingerprint density at radius 3 is 2.41 bits per heavy atom. The molecule has 1 aliphatic rings. The van der Waals surface area contributed by atoms with E-state index in [4.69, 9.17) is 4.74 Å². The number of methoxy groups -OCH3 is 2. The number of carbonyl (C=O) groups is 1. The number of ether oxygens (including phenoxy) is 2. The number of halogens is 3. The van der Waals surface area contributed by atoms with Gasteiger partial charge in [0, 0.05) is 19.2 Å². The van der Waals surface area contributed by atoms with Crippen LogP contribution in [0, 0.1) is 11.6 Å². The van der Waals surface area contributed by atoms with Crippen LogP contribution in [0.15, 0.2) is 12.1 Å². The predicted octanol–water partition coefficient (Wildman–Crippen LogP) is 2.10. The Hall–Kier alpha value is -1.44. The van der Waals surface area contributed by atoms with Crippen LogP contribution in [0.25, 0.3) is 0 Å². The second-order valence-corrected chi connectivity index (χ2v) is 4.87. The minimum absolute atomic E-state index is 0. The maximum atomic E-state index is 13.9. The molecule has 1 fully saturated rings. The highest BCUT2D eigenvalue weighted by molar-refractivity contribution is 5.97. The molecule has 124 valence electrons. The van der Waals surface area contributed by atoms with Gasteiger partial charge in [-0.05, 0) is 25.9 Å². The van der Waals surface area contributed by atoms with Gasteiger partial charge in [-0.2, -0.15) is 0 Å². The summed E-state index contributed by atoms with van der Waals surface area (Å²) in [6.07, 6.45) is 0.936. The smallest absolute Gasteiger partial charge is 0.256 e. The molecule has 0 aromatic heterocycles. The highest BCUT2D eigenvalue weighted by Gasteiger charge is 2.40. The molecule has 0 atom stereocenters. The molecule has 1 aromatic carbocycles. The number of amides is 1. The Kier molecular flexibility index (Phi) is 6.52. The summed E-state index contributed by atoms with van der Waals surface area (Å²) in [6.45, 7) is 1.25. The molecule has 1 saturated heterocycles. The number of benzene rings is 1. The lowest BCUT2D eigenvalue weighted by Crippen LogP contribution is -2.51. The van der Waals surface area contributed by atoms with Crippen molar-refractivity contribution in [2.24, 2.45) is 0 Å². The van der Waals surface area contributed by atoms with Gasteiger partial charge in [0.1, 0.15) is 5.60 Å². The molecule has 5 nitrogen and oxygen atoms in total. The van der Waals surface area contributed by atoms with Crippen molar-refractivity contribution in [2.75, 3.05) is 32.6 Å². The quantitative estimate of drug-likeness (QED) is 0.884. The van der Waals surface area contributed by atoms with Gasteiger partial charge in [-0.1, -0.05) is 0 Å². The van der Waals surface area contributed by atoms with Crippen LogP contribution in [0.3, 0.4) is 0 Å². The molecule has 1 aromatic rings. The molecule has 2 N–H and O–H groups in total. The lowest BCUT2D eigenvalue weighted by molar-refractivity contribution is -0.140. The summed E-state index contributed by atoms with van der Waals surface area (Å²) in [5, 5.41) is 5.52. The SMILES string of the molecule is COc1cc(F)c(NC(=O)C2(OC)CCNCC2)cc1F.Cl. The summed E-state index contributed by atoms with van der Waals surface area (Å²) in [7, 11) is 2.68. The third-order valence-electron chi connectivity index (χ3n) is 3.71. The van der Waals surface area contributed by atoms with Crippen LogP contribution in [0.4, 0.5) is 14.5 Å². The largest absolute Gasteiger partial charge is 0.494 e. The fourth-order valence-electron chi connectivity index (χ4n) is 2.37. The van der Waals surface area contributed by atoms with Gasteiger partial charge in [0.05, 0.1) is 12.8 Å². The Balaban J connectivity index is 0.00000242. The number of nitrogens with one attached hydrogen (secondary N) is 2. The van der Waals surface area contributed by atoms with E-state index in [-0.39, 0.29) is 23.8 Å². The summed E-state index contributed by atoms with van der Waals surface area (Å²) in [4.78, 5) is 12.4. The number of hydrogen-bond acceptors (Lipinski definition) is 4. The predicted molar refractivity (Wildman–Crippen MR) is 80.6 cm³/mol. The van der Waals surface area contributed by atoms with Crippen LogP contribution in [0.2, 0.25) is 0 Å². The monoisotopic (exact) mass is 336 g/mol. The van der Waals surface area contributed by atoms with E-state index in [0.29, 0.717) is 25.9 Å². The van der Waals surface area contributed by atoms with E-state index in [1.54, 1.807) is 0 Å². The number of rotatable bonds is 4. The molecule has 0 aliphatic carbocycles. The minimum atomic E-state index is -1.02. The fourth-order valence-corrected chi connectivity index (χ4v) is 2.37. The maximum Gasteiger partial charge on any atom is 0.256 e. The average Bonchev–Trinajstić information content (AvgIpc) is 2.51. The lowest BCUT2D eigenvalue weighted by Gasteiger charge is -2.34. The first kappa shape index (κ1) is 18.6. The van der Waals surface area contributed by atoms with Crippen molar-refractivity contribution in [1.82, 2.24) is 5.32 Å². The number of anilines is 1. The molecule has 1 amide bonds. The van der Waals surface area contributed by atoms with Gasteiger partial charge in [0.2, 0.25) is 0 Å². The third-order valence-corrected chi connectivity index (χ3v) is 3.71. The normalized spacial score (nSPS) is 16.5. The van der Waals surface area contributed by atoms with Crippen LogP contribution in [-0.4, -0.2) is 38.8 Å². The Bertz CT molecular complexity index is 537. The molecule has 8 heteroatoms. The zero-order valence-corrected chi connectivity index (χ0v) is 13.2. The molecule has 0 saturated carbocycles. The van der Waals surface area contributed by atoms with Crippen molar-refractivity contribution in [3.63, 3.8) is 0 Å². The van der Waals surface area contributed by atoms with Gasteiger partial charge in [-0.15, -0.1) is 12.4 Å². The van der Waals surface area contributed by atoms with Crippen molar-refractivity contribution in [3.8, 4) is 5.75 Å². The average molecular weight is 337 g/mol. The van der Waals surface area contributed by atoms with E-state index >= 15 is 0 Å². The Labute approximate surface area is 133 Å². The third kappa shape index (κ3) is 3.66. The van der Waals surface area contributed by atoms with Crippen LogP contribution >= 0.6 is 12.4 Å². The molecule has 2 rings (SSSR count). The lowest BCUT2D eigenvalue weighted by atomic mass is 9.91. The molecule has 0 unspecified atom stereocenters. The van der Waals surface area contributed by atoms with Crippen molar-refractivity contribution in [1.29, 1.82) is 0 Å². The number of carbonyl (C=O) groups excluding carboxylic acids is 1. The fraction of sp³-hybridized carbons (Fsp3) is 0.500. The first-order chi connectivity index (χ1) is 10.0. The summed E-state index contributed by atoms with van der Waals surface area (Å²) >= 11 is 0.